The number of benzene rings is 1. The van der Waals surface area contributed by atoms with Crippen molar-refractivity contribution in [2.45, 2.75) is 45.6 Å². The van der Waals surface area contributed by atoms with Crippen molar-refractivity contribution in [1.82, 2.24) is 19.8 Å². The number of carbonyl (C=O) groups excluding carboxylic acids is 1. The Bertz CT molecular complexity index is 994. The number of aromatic nitrogens is 2. The highest BCUT2D eigenvalue weighted by atomic mass is 79.9. The van der Waals surface area contributed by atoms with E-state index in [1.165, 1.54) is 0 Å². The Kier molecular flexibility index (Phi) is 7.15. The van der Waals surface area contributed by atoms with Gasteiger partial charge in [-0.2, -0.15) is 4.98 Å². The van der Waals surface area contributed by atoms with Gasteiger partial charge in [0.2, 0.25) is 11.9 Å². The van der Waals surface area contributed by atoms with Gasteiger partial charge in [-0.1, -0.05) is 29.8 Å². The van der Waals surface area contributed by atoms with Gasteiger partial charge in [-0.05, 0) is 57.5 Å². The van der Waals surface area contributed by atoms with Crippen molar-refractivity contribution in [2.24, 2.45) is 11.3 Å². The zero-order valence-electron chi connectivity index (χ0n) is 20.6. The van der Waals surface area contributed by atoms with Crippen LogP contribution in [0.2, 0.25) is 0 Å². The Hall–Kier alpha value is -1.93. The van der Waals surface area contributed by atoms with Crippen molar-refractivity contribution in [3.8, 4) is 0 Å². The van der Waals surface area contributed by atoms with Gasteiger partial charge in [0.25, 0.3) is 0 Å². The fourth-order valence-corrected chi connectivity index (χ4v) is 5.92. The highest BCUT2D eigenvalue weighted by molar-refractivity contribution is 9.10. The maximum absolute atomic E-state index is 12.2. The van der Waals surface area contributed by atoms with Gasteiger partial charge < -0.3 is 20.0 Å². The summed E-state index contributed by atoms with van der Waals surface area (Å²) in [5.74, 6) is 2.56. The molecule has 0 saturated carbocycles. The topological polar surface area (TPSA) is 64.6 Å². The molecule has 2 saturated heterocycles. The van der Waals surface area contributed by atoms with E-state index in [2.05, 4.69) is 71.1 Å². The van der Waals surface area contributed by atoms with Crippen molar-refractivity contribution in [3.05, 3.63) is 22.7 Å². The van der Waals surface area contributed by atoms with Crippen LogP contribution in [0, 0.1) is 11.3 Å². The summed E-state index contributed by atoms with van der Waals surface area (Å²) in [6.45, 7) is 8.08. The SMILES string of the molecule is CC(C)C(CCNc1nc(N2CCC3(CC2)CC(=O)N(C)C3)c2cc(Br)ccc2n1)N(C)C. The number of anilines is 2. The van der Waals surface area contributed by atoms with Gasteiger partial charge in [-0.15, -0.1) is 0 Å². The minimum Gasteiger partial charge on any atom is -0.356 e. The first-order chi connectivity index (χ1) is 15.7. The van der Waals surface area contributed by atoms with Crippen LogP contribution in [-0.2, 0) is 4.79 Å². The lowest BCUT2D eigenvalue weighted by atomic mass is 9.77. The average Bonchev–Trinajstić information content (AvgIpc) is 3.03. The Labute approximate surface area is 206 Å². The number of fused-ring (bicyclic) bond motifs is 1. The predicted octanol–water partition coefficient (Wildman–Crippen LogP) is 4.23. The molecule has 3 heterocycles. The highest BCUT2D eigenvalue weighted by Crippen LogP contribution is 2.42. The molecule has 2 aromatic rings. The summed E-state index contributed by atoms with van der Waals surface area (Å²) >= 11 is 3.62. The Morgan fingerprint density at radius 1 is 1.21 bits per heavy atom. The molecule has 2 aliphatic heterocycles. The van der Waals surface area contributed by atoms with E-state index in [9.17, 15) is 4.79 Å². The van der Waals surface area contributed by atoms with Crippen molar-refractivity contribution in [3.63, 3.8) is 0 Å². The smallest absolute Gasteiger partial charge is 0.225 e. The molecule has 1 atom stereocenters. The van der Waals surface area contributed by atoms with Crippen LogP contribution >= 0.6 is 15.9 Å². The lowest BCUT2D eigenvalue weighted by Gasteiger charge is -2.39. The third-order valence-electron chi connectivity index (χ3n) is 7.44. The van der Waals surface area contributed by atoms with Gasteiger partial charge in [0.15, 0.2) is 0 Å². The molecule has 1 aromatic heterocycles. The molecule has 33 heavy (non-hydrogen) atoms. The van der Waals surface area contributed by atoms with E-state index in [0.717, 1.165) is 66.6 Å². The quantitative estimate of drug-likeness (QED) is 0.593. The third kappa shape index (κ3) is 5.27. The van der Waals surface area contributed by atoms with Gasteiger partial charge in [-0.3, -0.25) is 4.79 Å². The number of piperidine rings is 1. The standard InChI is InChI=1S/C25H37BrN6O/c1-17(2)21(30(3)4)8-11-27-24-28-20-7-6-18(26)14-19(20)23(29-24)32-12-9-25(10-13-32)15-22(33)31(5)16-25/h6-7,14,17,21H,8-13,15-16H2,1-5H3,(H,27,28,29). The number of nitrogens with zero attached hydrogens (tertiary/aromatic N) is 5. The van der Waals surface area contributed by atoms with Crippen molar-refractivity contribution in [1.29, 1.82) is 0 Å². The van der Waals surface area contributed by atoms with Crippen molar-refractivity contribution < 1.29 is 4.79 Å². The van der Waals surface area contributed by atoms with Gasteiger partial charge >= 0.3 is 0 Å². The number of carbonyl (C=O) groups is 1. The van der Waals surface area contributed by atoms with Crippen molar-refractivity contribution in [2.75, 3.05) is 57.5 Å². The molecule has 2 aliphatic rings. The first-order valence-corrected chi connectivity index (χ1v) is 12.8. The largest absolute Gasteiger partial charge is 0.356 e. The molecule has 1 aromatic carbocycles. The fourth-order valence-electron chi connectivity index (χ4n) is 5.55. The average molecular weight is 518 g/mol. The number of hydrogen-bond donors (Lipinski definition) is 1. The van der Waals surface area contributed by atoms with Crippen molar-refractivity contribution >= 4 is 44.5 Å². The Morgan fingerprint density at radius 2 is 1.94 bits per heavy atom. The van der Waals surface area contributed by atoms with Crippen LogP contribution in [0.25, 0.3) is 10.9 Å². The van der Waals surface area contributed by atoms with E-state index in [4.69, 9.17) is 9.97 Å². The number of hydrogen-bond acceptors (Lipinski definition) is 6. The number of amides is 1. The second kappa shape index (κ2) is 9.74. The molecule has 1 unspecified atom stereocenters. The van der Waals surface area contributed by atoms with E-state index in [1.807, 2.05) is 18.0 Å². The Morgan fingerprint density at radius 3 is 2.55 bits per heavy atom. The van der Waals surface area contributed by atoms with E-state index in [-0.39, 0.29) is 11.3 Å². The first kappa shape index (κ1) is 24.2. The monoisotopic (exact) mass is 516 g/mol. The van der Waals surface area contributed by atoms with Gasteiger partial charge in [-0.25, -0.2) is 4.98 Å². The van der Waals surface area contributed by atoms with E-state index >= 15 is 0 Å². The molecule has 7 nitrogen and oxygen atoms in total. The summed E-state index contributed by atoms with van der Waals surface area (Å²) in [7, 11) is 6.22. The molecule has 0 radical (unpaired) electrons. The summed E-state index contributed by atoms with van der Waals surface area (Å²) in [6.07, 6.45) is 3.76. The molecule has 1 N–H and O–H groups in total. The molecule has 2 fully saturated rings. The third-order valence-corrected chi connectivity index (χ3v) is 7.94. The molecule has 1 spiro atoms. The Balaban J connectivity index is 1.53. The van der Waals surface area contributed by atoms with Crippen LogP contribution in [0.4, 0.5) is 11.8 Å². The molecule has 4 rings (SSSR count). The zero-order chi connectivity index (χ0) is 23.8. The number of rotatable bonds is 7. The lowest BCUT2D eigenvalue weighted by molar-refractivity contribution is -0.126. The fraction of sp³-hybridized carbons (Fsp3) is 0.640. The van der Waals surface area contributed by atoms with Crippen LogP contribution in [0.15, 0.2) is 22.7 Å². The van der Waals surface area contributed by atoms with Crippen LogP contribution in [-0.4, -0.2) is 79.0 Å². The molecular formula is C25H37BrN6O. The van der Waals surface area contributed by atoms with Crippen LogP contribution in [0.5, 0.6) is 0 Å². The summed E-state index contributed by atoms with van der Waals surface area (Å²) in [5, 5.41) is 4.56. The number of nitrogens with one attached hydrogen (secondary N) is 1. The molecule has 0 aliphatic carbocycles. The zero-order valence-corrected chi connectivity index (χ0v) is 22.2. The van der Waals surface area contributed by atoms with Crippen LogP contribution < -0.4 is 10.2 Å². The first-order valence-electron chi connectivity index (χ1n) is 12.0. The van der Waals surface area contributed by atoms with Crippen LogP contribution in [0.3, 0.4) is 0 Å². The number of likely N-dealkylation sites (tertiary alicyclic amines) is 1. The number of halogens is 1. The summed E-state index contributed by atoms with van der Waals surface area (Å²) in [5.41, 5.74) is 1.08. The second-order valence-electron chi connectivity index (χ2n) is 10.4. The van der Waals surface area contributed by atoms with Crippen LogP contribution in [0.1, 0.15) is 39.5 Å². The summed E-state index contributed by atoms with van der Waals surface area (Å²) in [4.78, 5) is 28.5. The highest BCUT2D eigenvalue weighted by Gasteiger charge is 2.43. The maximum atomic E-state index is 12.2. The van der Waals surface area contributed by atoms with Gasteiger partial charge in [0.05, 0.1) is 5.52 Å². The molecule has 180 valence electrons. The second-order valence-corrected chi connectivity index (χ2v) is 11.4. The summed E-state index contributed by atoms with van der Waals surface area (Å²) in [6, 6.07) is 6.73. The normalized spacial score (nSPS) is 19.3. The molecular weight excluding hydrogens is 480 g/mol. The van der Waals surface area contributed by atoms with E-state index in [1.54, 1.807) is 0 Å². The lowest BCUT2D eigenvalue weighted by Crippen LogP contribution is -2.41. The van der Waals surface area contributed by atoms with Gasteiger partial charge in [0.1, 0.15) is 5.82 Å². The minimum atomic E-state index is 0.130. The van der Waals surface area contributed by atoms with E-state index in [0.29, 0.717) is 24.3 Å². The van der Waals surface area contributed by atoms with E-state index < -0.39 is 0 Å². The summed E-state index contributed by atoms with van der Waals surface area (Å²) < 4.78 is 1.03. The predicted molar refractivity (Wildman–Crippen MR) is 139 cm³/mol. The van der Waals surface area contributed by atoms with Gasteiger partial charge in [0, 0.05) is 61.0 Å². The molecule has 8 heteroatoms. The molecule has 1 amide bonds. The maximum Gasteiger partial charge on any atom is 0.225 e. The minimum absolute atomic E-state index is 0.130. The molecule has 0 bridgehead atoms.